The van der Waals surface area contributed by atoms with Crippen LogP contribution in [0.4, 0.5) is 0 Å². The Morgan fingerprint density at radius 3 is 1.39 bits per heavy atom. The predicted molar refractivity (Wildman–Crippen MR) is 241 cm³/mol. The molecular weight excluding hydrogens is 695 g/mol. The molecule has 0 heterocycles. The van der Waals surface area contributed by atoms with E-state index in [2.05, 4.69) is 62.5 Å². The summed E-state index contributed by atoms with van der Waals surface area (Å²) in [6.07, 6.45) is 50.6. The van der Waals surface area contributed by atoms with Crippen molar-refractivity contribution in [2.24, 2.45) is 0 Å². The van der Waals surface area contributed by atoms with Gasteiger partial charge in [-0.2, -0.15) is 0 Å². The number of aliphatic hydroxyl groups excluding tert-OH is 2. The Hall–Kier alpha value is -1.92. The third-order valence-electron chi connectivity index (χ3n) is 11.0. The lowest BCUT2D eigenvalue weighted by Crippen LogP contribution is -2.46. The molecule has 3 unspecified atom stereocenters. The summed E-state index contributed by atoms with van der Waals surface area (Å²) < 4.78 is 5.89. The summed E-state index contributed by atoms with van der Waals surface area (Å²) in [7, 11) is 0. The summed E-state index contributed by atoms with van der Waals surface area (Å²) in [6, 6.07) is -0.709. The monoisotopic (exact) mass is 788 g/mol. The molecule has 0 aromatic carbocycles. The molecule has 0 saturated carbocycles. The van der Waals surface area contributed by atoms with Gasteiger partial charge in [0.25, 0.3) is 0 Å². The van der Waals surface area contributed by atoms with Crippen LogP contribution in [0, 0.1) is 0 Å². The van der Waals surface area contributed by atoms with Crippen molar-refractivity contribution in [2.75, 3.05) is 6.61 Å². The molecular formula is C50H93NO5. The van der Waals surface area contributed by atoms with Gasteiger partial charge in [0.1, 0.15) is 6.10 Å². The minimum Gasteiger partial charge on any atom is -0.462 e. The Balaban J connectivity index is 4.64. The van der Waals surface area contributed by atoms with E-state index in [1.54, 1.807) is 0 Å². The van der Waals surface area contributed by atoms with Gasteiger partial charge < -0.3 is 20.3 Å². The number of carbonyl (C=O) groups is 2. The summed E-state index contributed by atoms with van der Waals surface area (Å²) >= 11 is 0. The van der Waals surface area contributed by atoms with Crippen LogP contribution in [0.5, 0.6) is 0 Å². The van der Waals surface area contributed by atoms with E-state index in [1.165, 1.54) is 128 Å². The van der Waals surface area contributed by atoms with Gasteiger partial charge in [-0.05, 0) is 64.2 Å². The first-order valence-electron chi connectivity index (χ1n) is 24.2. The molecule has 6 nitrogen and oxygen atoms in total. The Kier molecular flexibility index (Phi) is 42.7. The zero-order valence-electron chi connectivity index (χ0n) is 37.3. The van der Waals surface area contributed by atoms with E-state index in [4.69, 9.17) is 4.74 Å². The third-order valence-corrected chi connectivity index (χ3v) is 11.0. The van der Waals surface area contributed by atoms with Crippen LogP contribution < -0.4 is 5.32 Å². The highest BCUT2D eigenvalue weighted by molar-refractivity contribution is 5.77. The first-order chi connectivity index (χ1) is 27.5. The van der Waals surface area contributed by atoms with E-state index >= 15 is 0 Å². The highest BCUT2D eigenvalue weighted by atomic mass is 16.5. The second kappa shape index (κ2) is 44.2. The second-order valence-electron chi connectivity index (χ2n) is 16.5. The van der Waals surface area contributed by atoms with Crippen LogP contribution >= 0.6 is 0 Å². The van der Waals surface area contributed by atoms with Crippen LogP contribution in [0.3, 0.4) is 0 Å². The van der Waals surface area contributed by atoms with Crippen LogP contribution in [0.25, 0.3) is 0 Å². The second-order valence-corrected chi connectivity index (χ2v) is 16.5. The Labute approximate surface area is 347 Å². The molecule has 0 radical (unpaired) electrons. The van der Waals surface area contributed by atoms with Crippen LogP contribution in [0.1, 0.15) is 245 Å². The number of hydrogen-bond acceptors (Lipinski definition) is 5. The minimum absolute atomic E-state index is 0.0548. The minimum atomic E-state index is -0.793. The molecule has 0 saturated heterocycles. The number of hydrogen-bond donors (Lipinski definition) is 3. The standard InChI is InChI=1S/C50H93NO5/c1-4-7-10-13-16-19-22-24-25-26-27-29-32-35-38-41-46(56-50(55)43-40-37-34-31-21-18-15-12-9-6-3)44-49(54)51-47(45-52)48(53)42-39-36-33-30-28-23-20-17-14-11-8-5-2/h16,19,24-25,27,29,46-48,52-53H,4-15,17-18,20-23,26,28,30-45H2,1-3H3,(H,51,54)/b19-16-,25-24-,29-27-. The van der Waals surface area contributed by atoms with E-state index < -0.39 is 18.2 Å². The average molecular weight is 788 g/mol. The van der Waals surface area contributed by atoms with Gasteiger partial charge in [0, 0.05) is 6.42 Å². The quantitative estimate of drug-likeness (QED) is 0.0325. The van der Waals surface area contributed by atoms with E-state index in [9.17, 15) is 19.8 Å². The summed E-state index contributed by atoms with van der Waals surface area (Å²) in [5.74, 6) is -0.507. The van der Waals surface area contributed by atoms with Crippen molar-refractivity contribution in [1.29, 1.82) is 0 Å². The Bertz CT molecular complexity index is 930. The molecule has 0 aromatic rings. The van der Waals surface area contributed by atoms with Gasteiger partial charge in [0.15, 0.2) is 0 Å². The highest BCUT2D eigenvalue weighted by Crippen LogP contribution is 2.17. The summed E-state index contributed by atoms with van der Waals surface area (Å²) in [5.41, 5.74) is 0. The van der Waals surface area contributed by atoms with E-state index in [0.717, 1.165) is 70.6 Å². The predicted octanol–water partition coefficient (Wildman–Crippen LogP) is 14.1. The maximum atomic E-state index is 13.1. The number of rotatable bonds is 43. The van der Waals surface area contributed by atoms with Crippen molar-refractivity contribution in [3.8, 4) is 0 Å². The molecule has 56 heavy (non-hydrogen) atoms. The number of carbonyl (C=O) groups excluding carboxylic acids is 2. The lowest BCUT2D eigenvalue weighted by atomic mass is 10.0. The highest BCUT2D eigenvalue weighted by Gasteiger charge is 2.24. The zero-order valence-corrected chi connectivity index (χ0v) is 37.3. The van der Waals surface area contributed by atoms with Crippen LogP contribution in [0.2, 0.25) is 0 Å². The fourth-order valence-corrected chi connectivity index (χ4v) is 7.26. The Morgan fingerprint density at radius 2 is 0.911 bits per heavy atom. The van der Waals surface area contributed by atoms with Crippen molar-refractivity contribution >= 4 is 11.9 Å². The fourth-order valence-electron chi connectivity index (χ4n) is 7.26. The zero-order chi connectivity index (χ0) is 41.0. The maximum absolute atomic E-state index is 13.1. The number of amides is 1. The largest absolute Gasteiger partial charge is 0.462 e. The van der Waals surface area contributed by atoms with Crippen molar-refractivity contribution in [1.82, 2.24) is 5.32 Å². The van der Waals surface area contributed by atoms with E-state index in [1.807, 2.05) is 0 Å². The molecule has 6 heteroatoms. The normalized spacial score (nSPS) is 13.6. The van der Waals surface area contributed by atoms with Crippen LogP contribution in [-0.4, -0.2) is 46.9 Å². The van der Waals surface area contributed by atoms with Gasteiger partial charge >= 0.3 is 5.97 Å². The van der Waals surface area contributed by atoms with Crippen LogP contribution in [-0.2, 0) is 14.3 Å². The summed E-state index contributed by atoms with van der Waals surface area (Å²) in [6.45, 7) is 6.43. The summed E-state index contributed by atoms with van der Waals surface area (Å²) in [5, 5.41) is 23.7. The SMILES string of the molecule is CCCCC/C=C\C/C=C\C/C=C\CCCCC(CC(=O)NC(CO)C(O)CCCCCCCCCCCCCC)OC(=O)CCCCCCCCCCCC. The number of aliphatic hydroxyl groups is 2. The molecule has 0 fully saturated rings. The first-order valence-corrected chi connectivity index (χ1v) is 24.2. The van der Waals surface area contributed by atoms with Crippen molar-refractivity contribution < 1.29 is 24.5 Å². The van der Waals surface area contributed by atoms with Crippen molar-refractivity contribution in [3.05, 3.63) is 36.5 Å². The maximum Gasteiger partial charge on any atom is 0.306 e. The molecule has 3 N–H and O–H groups in total. The first kappa shape index (κ1) is 54.1. The van der Waals surface area contributed by atoms with Gasteiger partial charge in [0.2, 0.25) is 5.91 Å². The summed E-state index contributed by atoms with van der Waals surface area (Å²) in [4.78, 5) is 26.0. The van der Waals surface area contributed by atoms with E-state index in [0.29, 0.717) is 19.3 Å². The molecule has 1 amide bonds. The number of unbranched alkanes of at least 4 members (excludes halogenated alkanes) is 25. The smallest absolute Gasteiger partial charge is 0.306 e. The van der Waals surface area contributed by atoms with Crippen LogP contribution in [0.15, 0.2) is 36.5 Å². The number of ether oxygens (including phenoxy) is 1. The van der Waals surface area contributed by atoms with Gasteiger partial charge in [-0.25, -0.2) is 0 Å². The van der Waals surface area contributed by atoms with Crippen molar-refractivity contribution in [2.45, 2.75) is 264 Å². The molecule has 3 atom stereocenters. The number of esters is 1. The lowest BCUT2D eigenvalue weighted by molar-refractivity contribution is -0.151. The van der Waals surface area contributed by atoms with Crippen molar-refractivity contribution in [3.63, 3.8) is 0 Å². The van der Waals surface area contributed by atoms with Gasteiger partial charge in [-0.15, -0.1) is 0 Å². The van der Waals surface area contributed by atoms with Gasteiger partial charge in [-0.3, -0.25) is 9.59 Å². The van der Waals surface area contributed by atoms with Gasteiger partial charge in [0.05, 0.1) is 25.2 Å². The molecule has 0 bridgehead atoms. The topological polar surface area (TPSA) is 95.9 Å². The molecule has 328 valence electrons. The molecule has 0 aliphatic rings. The third kappa shape index (κ3) is 38.9. The molecule has 0 rings (SSSR count). The average Bonchev–Trinajstić information content (AvgIpc) is 3.19. The number of allylic oxidation sites excluding steroid dienone is 6. The lowest BCUT2D eigenvalue weighted by Gasteiger charge is -2.24. The molecule has 0 aromatic heterocycles. The number of nitrogens with one attached hydrogen (secondary N) is 1. The molecule has 0 aliphatic heterocycles. The fraction of sp³-hybridized carbons (Fsp3) is 0.840. The van der Waals surface area contributed by atoms with Gasteiger partial charge in [-0.1, -0.05) is 205 Å². The Morgan fingerprint density at radius 1 is 0.518 bits per heavy atom. The molecule has 0 spiro atoms. The molecule has 0 aliphatic carbocycles. The van der Waals surface area contributed by atoms with E-state index in [-0.39, 0.29) is 24.9 Å².